The van der Waals surface area contributed by atoms with E-state index in [4.69, 9.17) is 4.74 Å². The summed E-state index contributed by atoms with van der Waals surface area (Å²) < 4.78 is 4.84. The maximum absolute atomic E-state index is 11.3. The van der Waals surface area contributed by atoms with Gasteiger partial charge in [0.15, 0.2) is 5.12 Å². The summed E-state index contributed by atoms with van der Waals surface area (Å²) in [4.78, 5) is 12.3. The summed E-state index contributed by atoms with van der Waals surface area (Å²) >= 11 is 1.27. The number of methoxy groups -OCH3 is 1. The van der Waals surface area contributed by atoms with Gasteiger partial charge in [0, 0.05) is 18.4 Å². The molecule has 0 saturated carbocycles. The summed E-state index contributed by atoms with van der Waals surface area (Å²) in [6.07, 6.45) is 0.467. The average molecular weight is 240 g/mol. The molecule has 0 heterocycles. The summed E-state index contributed by atoms with van der Waals surface area (Å²) in [5, 5.41) is 0.149. The second kappa shape index (κ2) is 9.43. The van der Waals surface area contributed by atoms with Crippen LogP contribution in [-0.4, -0.2) is 18.8 Å². The molecule has 90 valence electrons. The van der Waals surface area contributed by atoms with E-state index in [1.54, 1.807) is 7.11 Å². The molecule has 0 aliphatic heterocycles. The summed E-state index contributed by atoms with van der Waals surface area (Å²) in [5.41, 5.74) is 1.21. The smallest absolute Gasteiger partial charge is 0.195 e. The lowest BCUT2D eigenvalue weighted by atomic mass is 10.2. The van der Waals surface area contributed by atoms with Gasteiger partial charge in [-0.05, 0) is 19.1 Å². The Balaban J connectivity index is 0.00000106. The van der Waals surface area contributed by atoms with E-state index in [1.807, 2.05) is 45.0 Å². The molecule has 1 aromatic rings. The van der Waals surface area contributed by atoms with Gasteiger partial charge in [-0.1, -0.05) is 43.3 Å². The van der Waals surface area contributed by atoms with E-state index < -0.39 is 0 Å². The Morgan fingerprint density at radius 3 is 2.31 bits per heavy atom. The number of carbonyl (C=O) groups excluding carboxylic acids is 1. The van der Waals surface area contributed by atoms with Crippen molar-refractivity contribution in [2.24, 2.45) is 0 Å². The number of aryl methyl sites for hydroxylation is 1. The topological polar surface area (TPSA) is 26.3 Å². The van der Waals surface area contributed by atoms with Crippen LogP contribution in [0.1, 0.15) is 25.8 Å². The fourth-order valence-electron chi connectivity index (χ4n) is 0.974. The molecule has 0 spiro atoms. The number of rotatable bonds is 4. The second-order valence-electron chi connectivity index (χ2n) is 3.03. The molecule has 3 heteroatoms. The second-order valence-corrected chi connectivity index (χ2v) is 4.16. The first-order chi connectivity index (χ1) is 7.72. The van der Waals surface area contributed by atoms with E-state index in [0.29, 0.717) is 13.0 Å². The van der Waals surface area contributed by atoms with Gasteiger partial charge in [-0.3, -0.25) is 4.79 Å². The number of ether oxygens (including phenoxy) is 1. The van der Waals surface area contributed by atoms with Crippen molar-refractivity contribution >= 4 is 16.9 Å². The van der Waals surface area contributed by atoms with Gasteiger partial charge in [0.2, 0.25) is 0 Å². The van der Waals surface area contributed by atoms with Gasteiger partial charge in [0.25, 0.3) is 0 Å². The minimum Gasteiger partial charge on any atom is -0.384 e. The van der Waals surface area contributed by atoms with Crippen molar-refractivity contribution in [2.45, 2.75) is 32.1 Å². The number of benzene rings is 1. The van der Waals surface area contributed by atoms with Gasteiger partial charge >= 0.3 is 0 Å². The summed E-state index contributed by atoms with van der Waals surface area (Å²) in [6, 6.07) is 7.94. The Morgan fingerprint density at radius 2 is 1.81 bits per heavy atom. The molecule has 0 N–H and O–H groups in total. The molecule has 1 aromatic carbocycles. The lowest BCUT2D eigenvalue weighted by molar-refractivity contribution is -0.111. The van der Waals surface area contributed by atoms with Crippen molar-refractivity contribution in [3.05, 3.63) is 29.8 Å². The van der Waals surface area contributed by atoms with Gasteiger partial charge in [-0.15, -0.1) is 0 Å². The fraction of sp³-hybridized carbons (Fsp3) is 0.462. The molecule has 0 bridgehead atoms. The normalized spacial score (nSPS) is 9.25. The molecule has 0 unspecified atom stereocenters. The first-order valence-corrected chi connectivity index (χ1v) is 6.30. The molecule has 16 heavy (non-hydrogen) atoms. The average Bonchev–Trinajstić information content (AvgIpc) is 2.32. The Morgan fingerprint density at radius 1 is 1.25 bits per heavy atom. The van der Waals surface area contributed by atoms with Crippen molar-refractivity contribution in [1.29, 1.82) is 0 Å². The van der Waals surface area contributed by atoms with E-state index in [-0.39, 0.29) is 5.12 Å². The van der Waals surface area contributed by atoms with Crippen LogP contribution in [0.15, 0.2) is 29.2 Å². The summed E-state index contributed by atoms with van der Waals surface area (Å²) in [6.45, 7) is 6.53. The van der Waals surface area contributed by atoms with Crippen molar-refractivity contribution in [2.75, 3.05) is 13.7 Å². The Bertz CT molecular complexity index is 293. The number of thioether (sulfide) groups is 1. The molecule has 0 atom stereocenters. The van der Waals surface area contributed by atoms with E-state index >= 15 is 0 Å². The highest BCUT2D eigenvalue weighted by Crippen LogP contribution is 2.20. The highest BCUT2D eigenvalue weighted by molar-refractivity contribution is 8.13. The molecule has 0 aliphatic rings. The van der Waals surface area contributed by atoms with E-state index in [0.717, 1.165) is 4.90 Å². The zero-order chi connectivity index (χ0) is 12.4. The molecule has 0 aromatic heterocycles. The van der Waals surface area contributed by atoms with Crippen LogP contribution in [0, 0.1) is 6.92 Å². The molecular formula is C13H20O2S. The van der Waals surface area contributed by atoms with Crippen LogP contribution in [0.5, 0.6) is 0 Å². The highest BCUT2D eigenvalue weighted by atomic mass is 32.2. The third-order valence-electron chi connectivity index (χ3n) is 1.76. The first kappa shape index (κ1) is 15.2. The predicted molar refractivity (Wildman–Crippen MR) is 69.9 cm³/mol. The first-order valence-electron chi connectivity index (χ1n) is 5.48. The number of carbonyl (C=O) groups is 1. The Hall–Kier alpha value is -0.800. The van der Waals surface area contributed by atoms with Gasteiger partial charge < -0.3 is 4.74 Å². The molecule has 0 aliphatic carbocycles. The van der Waals surface area contributed by atoms with Crippen LogP contribution in [0.2, 0.25) is 0 Å². The van der Waals surface area contributed by atoms with E-state index in [2.05, 4.69) is 0 Å². The molecule has 2 nitrogen and oxygen atoms in total. The highest BCUT2D eigenvalue weighted by Gasteiger charge is 2.03. The quantitative estimate of drug-likeness (QED) is 0.751. The summed E-state index contributed by atoms with van der Waals surface area (Å²) in [7, 11) is 1.60. The minimum atomic E-state index is 0.149. The van der Waals surface area contributed by atoms with Crippen LogP contribution in [0.3, 0.4) is 0 Å². The SMILES string of the molecule is CC.COCCC(=O)Sc1ccc(C)cc1. The van der Waals surface area contributed by atoms with Gasteiger partial charge in [-0.2, -0.15) is 0 Å². The lowest BCUT2D eigenvalue weighted by Gasteiger charge is -2.00. The van der Waals surface area contributed by atoms with Crippen LogP contribution in [0.25, 0.3) is 0 Å². The van der Waals surface area contributed by atoms with E-state index in [9.17, 15) is 4.79 Å². The lowest BCUT2D eigenvalue weighted by Crippen LogP contribution is -1.97. The fourth-order valence-corrected chi connectivity index (χ4v) is 1.69. The zero-order valence-electron chi connectivity index (χ0n) is 10.4. The maximum atomic E-state index is 11.3. The van der Waals surface area contributed by atoms with E-state index in [1.165, 1.54) is 17.3 Å². The standard InChI is InChI=1S/C11H14O2S.C2H6/c1-9-3-5-10(6-4-9)14-11(12)7-8-13-2;1-2/h3-6H,7-8H2,1-2H3;1-2H3. The Labute approximate surface area is 102 Å². The monoisotopic (exact) mass is 240 g/mol. The number of hydrogen-bond donors (Lipinski definition) is 0. The molecule has 0 radical (unpaired) electrons. The van der Waals surface area contributed by atoms with Gasteiger partial charge in [0.05, 0.1) is 6.61 Å². The minimum absolute atomic E-state index is 0.149. The molecular weight excluding hydrogens is 220 g/mol. The third-order valence-corrected chi connectivity index (χ3v) is 2.70. The van der Waals surface area contributed by atoms with Crippen LogP contribution in [0.4, 0.5) is 0 Å². The van der Waals surface area contributed by atoms with Crippen molar-refractivity contribution in [3.63, 3.8) is 0 Å². The van der Waals surface area contributed by atoms with Crippen LogP contribution in [-0.2, 0) is 9.53 Å². The number of hydrogen-bond acceptors (Lipinski definition) is 3. The maximum Gasteiger partial charge on any atom is 0.195 e. The largest absolute Gasteiger partial charge is 0.384 e. The van der Waals surface area contributed by atoms with Crippen molar-refractivity contribution in [1.82, 2.24) is 0 Å². The predicted octanol–water partition coefficient (Wildman–Crippen LogP) is 3.68. The molecule has 1 rings (SSSR count). The van der Waals surface area contributed by atoms with Crippen LogP contribution < -0.4 is 0 Å². The Kier molecular flexibility index (Phi) is 8.96. The molecule has 0 fully saturated rings. The zero-order valence-corrected chi connectivity index (χ0v) is 11.3. The third kappa shape index (κ3) is 6.64. The van der Waals surface area contributed by atoms with Crippen LogP contribution >= 0.6 is 11.8 Å². The molecule has 0 amide bonds. The van der Waals surface area contributed by atoms with Crippen molar-refractivity contribution in [3.8, 4) is 0 Å². The van der Waals surface area contributed by atoms with Gasteiger partial charge in [0.1, 0.15) is 0 Å². The van der Waals surface area contributed by atoms with Gasteiger partial charge in [-0.25, -0.2) is 0 Å². The molecule has 0 saturated heterocycles. The summed E-state index contributed by atoms with van der Waals surface area (Å²) in [5.74, 6) is 0. The van der Waals surface area contributed by atoms with Crippen molar-refractivity contribution < 1.29 is 9.53 Å².